The summed E-state index contributed by atoms with van der Waals surface area (Å²) in [5.74, 6) is 0.354. The van der Waals surface area contributed by atoms with E-state index >= 15 is 0 Å². The molecule has 0 bridgehead atoms. The molecule has 2 unspecified atom stereocenters. The van der Waals surface area contributed by atoms with E-state index in [1.54, 1.807) is 0 Å². The predicted octanol–water partition coefficient (Wildman–Crippen LogP) is 4.36. The average Bonchev–Trinajstić information content (AvgIpc) is 3.02. The third-order valence-electron chi connectivity index (χ3n) is 3.96. The fourth-order valence-electron chi connectivity index (χ4n) is 2.71. The van der Waals surface area contributed by atoms with Crippen molar-refractivity contribution in [1.82, 2.24) is 0 Å². The Labute approximate surface area is 132 Å². The van der Waals surface area contributed by atoms with Crippen molar-refractivity contribution < 1.29 is 9.47 Å². The van der Waals surface area contributed by atoms with Gasteiger partial charge in [-0.25, -0.2) is 0 Å². The lowest BCUT2D eigenvalue weighted by atomic mass is 10.1. The second-order valence-corrected chi connectivity index (χ2v) is 5.66. The molecule has 22 heavy (non-hydrogen) atoms. The number of hydrogen-bond donors (Lipinski definition) is 0. The van der Waals surface area contributed by atoms with E-state index in [0.717, 1.165) is 6.42 Å². The molecule has 2 aromatic rings. The molecule has 1 aliphatic rings. The first kappa shape index (κ1) is 15.0. The topological polar surface area (TPSA) is 18.5 Å². The molecule has 0 heterocycles. The lowest BCUT2D eigenvalue weighted by Gasteiger charge is -2.20. The van der Waals surface area contributed by atoms with E-state index < -0.39 is 0 Å². The number of benzene rings is 2. The highest BCUT2D eigenvalue weighted by Crippen LogP contribution is 2.23. The Bertz CT molecular complexity index is 577. The van der Waals surface area contributed by atoms with Crippen LogP contribution in [0.15, 0.2) is 72.8 Å². The van der Waals surface area contributed by atoms with Crippen LogP contribution in [0.5, 0.6) is 0 Å². The maximum atomic E-state index is 6.06. The summed E-state index contributed by atoms with van der Waals surface area (Å²) in [6.07, 6.45) is 5.63. The monoisotopic (exact) mass is 294 g/mol. The van der Waals surface area contributed by atoms with Gasteiger partial charge in [0.25, 0.3) is 0 Å². The average molecular weight is 294 g/mol. The molecule has 1 aliphatic carbocycles. The third kappa shape index (κ3) is 4.30. The van der Waals surface area contributed by atoms with Crippen molar-refractivity contribution in [3.8, 4) is 0 Å². The fourth-order valence-corrected chi connectivity index (χ4v) is 2.71. The summed E-state index contributed by atoms with van der Waals surface area (Å²) in [5.41, 5.74) is 2.43. The highest BCUT2D eigenvalue weighted by atomic mass is 16.5. The molecule has 2 nitrogen and oxygen atoms in total. The Morgan fingerprint density at radius 3 is 2.14 bits per heavy atom. The summed E-state index contributed by atoms with van der Waals surface area (Å²) >= 11 is 0. The SMILES string of the molecule is C1=CC(COCc2ccccc2)C(OCc2ccccc2)C1. The minimum absolute atomic E-state index is 0.232. The van der Waals surface area contributed by atoms with Crippen LogP contribution >= 0.6 is 0 Å². The van der Waals surface area contributed by atoms with Gasteiger partial charge in [-0.1, -0.05) is 72.8 Å². The molecule has 0 saturated carbocycles. The van der Waals surface area contributed by atoms with Crippen LogP contribution in [0.2, 0.25) is 0 Å². The molecule has 0 aliphatic heterocycles. The van der Waals surface area contributed by atoms with Crippen LogP contribution in [0.1, 0.15) is 17.5 Å². The summed E-state index contributed by atoms with van der Waals surface area (Å²) in [4.78, 5) is 0. The second kappa shape index (κ2) is 7.92. The summed E-state index contributed by atoms with van der Waals surface area (Å²) in [7, 11) is 0. The molecule has 2 aromatic carbocycles. The molecule has 0 saturated heterocycles. The van der Waals surface area contributed by atoms with Crippen LogP contribution in [0.4, 0.5) is 0 Å². The lowest BCUT2D eigenvalue weighted by Crippen LogP contribution is -2.22. The first-order valence-corrected chi connectivity index (χ1v) is 7.85. The minimum Gasteiger partial charge on any atom is -0.376 e. The van der Waals surface area contributed by atoms with Crippen molar-refractivity contribution in [2.24, 2.45) is 5.92 Å². The molecule has 0 radical (unpaired) electrons. The Hall–Kier alpha value is -1.90. The van der Waals surface area contributed by atoms with Gasteiger partial charge in [0.15, 0.2) is 0 Å². The first-order valence-electron chi connectivity index (χ1n) is 7.85. The maximum absolute atomic E-state index is 6.06. The molecule has 2 heteroatoms. The normalized spacial score (nSPS) is 20.4. The molecular weight excluding hydrogens is 272 g/mol. The number of ether oxygens (including phenoxy) is 2. The highest BCUT2D eigenvalue weighted by molar-refractivity contribution is 5.14. The van der Waals surface area contributed by atoms with Gasteiger partial charge in [-0.05, 0) is 17.5 Å². The second-order valence-electron chi connectivity index (χ2n) is 5.66. The van der Waals surface area contributed by atoms with Crippen LogP contribution in [-0.2, 0) is 22.7 Å². The van der Waals surface area contributed by atoms with Crippen LogP contribution in [0, 0.1) is 5.92 Å². The quantitative estimate of drug-likeness (QED) is 0.706. The zero-order valence-electron chi connectivity index (χ0n) is 12.7. The summed E-state index contributed by atoms with van der Waals surface area (Å²) in [6, 6.07) is 20.6. The zero-order chi connectivity index (χ0) is 15.0. The minimum atomic E-state index is 0.232. The molecule has 0 spiro atoms. The predicted molar refractivity (Wildman–Crippen MR) is 88.4 cm³/mol. The zero-order valence-corrected chi connectivity index (χ0v) is 12.7. The van der Waals surface area contributed by atoms with Gasteiger partial charge in [-0.2, -0.15) is 0 Å². The van der Waals surface area contributed by atoms with Crippen LogP contribution < -0.4 is 0 Å². The van der Waals surface area contributed by atoms with Gasteiger partial charge in [0.05, 0.1) is 25.9 Å². The van der Waals surface area contributed by atoms with Gasteiger partial charge in [-0.15, -0.1) is 0 Å². The van der Waals surface area contributed by atoms with Crippen LogP contribution in [0.3, 0.4) is 0 Å². The Kier molecular flexibility index (Phi) is 5.41. The molecular formula is C20H22O2. The highest BCUT2D eigenvalue weighted by Gasteiger charge is 2.23. The molecule has 0 aromatic heterocycles. The van der Waals surface area contributed by atoms with Crippen molar-refractivity contribution in [1.29, 1.82) is 0 Å². The van der Waals surface area contributed by atoms with Crippen molar-refractivity contribution in [2.45, 2.75) is 25.7 Å². The largest absolute Gasteiger partial charge is 0.376 e. The molecule has 3 rings (SSSR count). The lowest BCUT2D eigenvalue weighted by molar-refractivity contribution is -0.0107. The molecule has 0 amide bonds. The molecule has 2 atom stereocenters. The fraction of sp³-hybridized carbons (Fsp3) is 0.300. The molecule has 114 valence electrons. The smallest absolute Gasteiger partial charge is 0.0721 e. The van der Waals surface area contributed by atoms with E-state index in [1.165, 1.54) is 11.1 Å². The van der Waals surface area contributed by atoms with Gasteiger partial charge < -0.3 is 9.47 Å². The van der Waals surface area contributed by atoms with E-state index in [-0.39, 0.29) is 6.10 Å². The van der Waals surface area contributed by atoms with Crippen molar-refractivity contribution in [3.05, 3.63) is 83.9 Å². The Balaban J connectivity index is 1.43. The molecule has 0 N–H and O–H groups in total. The van der Waals surface area contributed by atoms with Crippen LogP contribution in [0.25, 0.3) is 0 Å². The Morgan fingerprint density at radius 2 is 1.45 bits per heavy atom. The number of hydrogen-bond acceptors (Lipinski definition) is 2. The van der Waals surface area contributed by atoms with Gasteiger partial charge in [0.2, 0.25) is 0 Å². The number of rotatable bonds is 7. The summed E-state index contributed by atoms with van der Waals surface area (Å²) < 4.78 is 11.9. The first-order chi connectivity index (χ1) is 10.9. The Morgan fingerprint density at radius 1 is 0.818 bits per heavy atom. The van der Waals surface area contributed by atoms with Gasteiger partial charge in [0.1, 0.15) is 0 Å². The standard InChI is InChI=1S/C20H22O2/c1-3-8-17(9-4-1)14-21-16-19-12-7-13-20(19)22-15-18-10-5-2-6-11-18/h1-12,19-20H,13-16H2. The van der Waals surface area contributed by atoms with Crippen molar-refractivity contribution in [2.75, 3.05) is 6.61 Å². The summed E-state index contributed by atoms with van der Waals surface area (Å²) in [5, 5.41) is 0. The van der Waals surface area contributed by atoms with E-state index in [0.29, 0.717) is 25.7 Å². The van der Waals surface area contributed by atoms with Gasteiger partial charge >= 0.3 is 0 Å². The van der Waals surface area contributed by atoms with Crippen LogP contribution in [-0.4, -0.2) is 12.7 Å². The van der Waals surface area contributed by atoms with E-state index in [4.69, 9.17) is 9.47 Å². The summed E-state index contributed by atoms with van der Waals surface area (Å²) in [6.45, 7) is 2.05. The van der Waals surface area contributed by atoms with E-state index in [1.807, 2.05) is 36.4 Å². The van der Waals surface area contributed by atoms with Crippen molar-refractivity contribution in [3.63, 3.8) is 0 Å². The van der Waals surface area contributed by atoms with Crippen molar-refractivity contribution >= 4 is 0 Å². The van der Waals surface area contributed by atoms with E-state index in [2.05, 4.69) is 36.4 Å². The maximum Gasteiger partial charge on any atom is 0.0721 e. The van der Waals surface area contributed by atoms with Gasteiger partial charge in [0, 0.05) is 5.92 Å². The third-order valence-corrected chi connectivity index (χ3v) is 3.96. The van der Waals surface area contributed by atoms with Gasteiger partial charge in [-0.3, -0.25) is 0 Å². The molecule has 0 fully saturated rings. The van der Waals surface area contributed by atoms with E-state index in [9.17, 15) is 0 Å².